The van der Waals surface area contributed by atoms with E-state index in [1.807, 2.05) is 0 Å². The van der Waals surface area contributed by atoms with Gasteiger partial charge in [-0.25, -0.2) is 0 Å². The van der Waals surface area contributed by atoms with E-state index in [-0.39, 0.29) is 0 Å². The standard InChI is InChI=1S/C13H33N2P/c1-7-12-13-16(6,14(8-2)9-3)15(10-4)11-5/h16H,7-13H2,1-6H3. The second kappa shape index (κ2) is 8.44. The quantitative estimate of drug-likeness (QED) is 0.574. The molecule has 0 aliphatic heterocycles. The zero-order valence-corrected chi connectivity index (χ0v) is 13.3. The van der Waals surface area contributed by atoms with Crippen molar-refractivity contribution in [2.24, 2.45) is 0 Å². The van der Waals surface area contributed by atoms with E-state index in [0.717, 1.165) is 0 Å². The van der Waals surface area contributed by atoms with E-state index in [9.17, 15) is 0 Å². The number of unbranched alkanes of at least 4 members (excludes halogenated alkanes) is 1. The molecule has 0 aliphatic rings. The molecule has 0 amide bonds. The minimum absolute atomic E-state index is 1.21. The summed E-state index contributed by atoms with van der Waals surface area (Å²) in [5.74, 6) is 0. The third kappa shape index (κ3) is 3.98. The van der Waals surface area contributed by atoms with Gasteiger partial charge >= 0.3 is 103 Å². The van der Waals surface area contributed by atoms with Crippen LogP contribution in [-0.2, 0) is 0 Å². The summed E-state index contributed by atoms with van der Waals surface area (Å²) in [5, 5.41) is 0. The predicted molar refractivity (Wildman–Crippen MR) is 79.9 cm³/mol. The zero-order chi connectivity index (χ0) is 12.6. The summed E-state index contributed by atoms with van der Waals surface area (Å²) in [6, 6.07) is 0. The Morgan fingerprint density at radius 2 is 1.12 bits per heavy atom. The van der Waals surface area contributed by atoms with Crippen LogP contribution < -0.4 is 0 Å². The molecule has 16 heavy (non-hydrogen) atoms. The average molecular weight is 248 g/mol. The van der Waals surface area contributed by atoms with E-state index in [1.165, 1.54) is 45.2 Å². The minimum atomic E-state index is -1.36. The second-order valence-electron chi connectivity index (χ2n) is 4.67. The molecule has 0 radical (unpaired) electrons. The van der Waals surface area contributed by atoms with Crippen LogP contribution in [0, 0.1) is 0 Å². The van der Waals surface area contributed by atoms with Gasteiger partial charge in [0.1, 0.15) is 0 Å². The van der Waals surface area contributed by atoms with Gasteiger partial charge in [0.05, 0.1) is 0 Å². The molecule has 0 fully saturated rings. The van der Waals surface area contributed by atoms with Gasteiger partial charge in [0.15, 0.2) is 0 Å². The normalized spacial score (nSPS) is 13.8. The first-order valence-electron chi connectivity index (χ1n) is 7.10. The number of hydrogen-bond acceptors (Lipinski definition) is 2. The van der Waals surface area contributed by atoms with Gasteiger partial charge in [-0.05, 0) is 0 Å². The second-order valence-corrected chi connectivity index (χ2v) is 8.86. The van der Waals surface area contributed by atoms with Gasteiger partial charge in [-0.2, -0.15) is 0 Å². The van der Waals surface area contributed by atoms with Gasteiger partial charge in [-0.1, -0.05) is 0 Å². The first kappa shape index (κ1) is 16.4. The van der Waals surface area contributed by atoms with Crippen LogP contribution in [0.1, 0.15) is 47.5 Å². The fraction of sp³-hybridized carbons (Fsp3) is 1.00. The third-order valence-corrected chi connectivity index (χ3v) is 9.18. The Bertz CT molecular complexity index is 153. The molecule has 0 atom stereocenters. The third-order valence-electron chi connectivity index (χ3n) is 3.89. The molecule has 0 N–H and O–H groups in total. The molecule has 0 rings (SSSR count). The Morgan fingerprint density at radius 1 is 0.750 bits per heavy atom. The van der Waals surface area contributed by atoms with Crippen molar-refractivity contribution in [1.82, 2.24) is 9.34 Å². The zero-order valence-electron chi connectivity index (χ0n) is 12.3. The van der Waals surface area contributed by atoms with Crippen molar-refractivity contribution in [3.63, 3.8) is 0 Å². The summed E-state index contributed by atoms with van der Waals surface area (Å²) < 4.78 is 5.49. The van der Waals surface area contributed by atoms with E-state index in [4.69, 9.17) is 0 Å². The molecule has 0 unspecified atom stereocenters. The van der Waals surface area contributed by atoms with Gasteiger partial charge in [-0.3, -0.25) is 0 Å². The molecule has 0 aliphatic carbocycles. The fourth-order valence-corrected chi connectivity index (χ4v) is 7.62. The van der Waals surface area contributed by atoms with Crippen molar-refractivity contribution in [2.45, 2.75) is 47.5 Å². The van der Waals surface area contributed by atoms with Crippen LogP contribution in [-0.4, -0.2) is 48.3 Å². The Hall–Kier alpha value is 0.350. The molecular weight excluding hydrogens is 215 g/mol. The van der Waals surface area contributed by atoms with E-state index in [2.05, 4.69) is 50.6 Å². The molecule has 2 nitrogen and oxygen atoms in total. The molecule has 0 bridgehead atoms. The monoisotopic (exact) mass is 248 g/mol. The van der Waals surface area contributed by atoms with E-state index >= 15 is 0 Å². The van der Waals surface area contributed by atoms with Crippen LogP contribution in [0.25, 0.3) is 0 Å². The Labute approximate surface area is 104 Å². The molecule has 100 valence electrons. The van der Waals surface area contributed by atoms with Crippen molar-refractivity contribution in [3.05, 3.63) is 0 Å². The van der Waals surface area contributed by atoms with E-state index in [0.29, 0.717) is 0 Å². The molecule has 0 aromatic rings. The van der Waals surface area contributed by atoms with Gasteiger partial charge in [0, 0.05) is 0 Å². The topological polar surface area (TPSA) is 6.48 Å². The first-order chi connectivity index (χ1) is 7.60. The summed E-state index contributed by atoms with van der Waals surface area (Å²) in [7, 11) is -1.36. The van der Waals surface area contributed by atoms with Gasteiger partial charge in [-0.15, -0.1) is 0 Å². The van der Waals surface area contributed by atoms with Crippen LogP contribution in [0.2, 0.25) is 0 Å². The van der Waals surface area contributed by atoms with Crippen LogP contribution in [0.3, 0.4) is 0 Å². The number of rotatable bonds is 9. The van der Waals surface area contributed by atoms with Crippen molar-refractivity contribution < 1.29 is 0 Å². The SMILES string of the molecule is CCCC[PH](C)(N(CC)CC)N(CC)CC. The van der Waals surface area contributed by atoms with Crippen molar-refractivity contribution >= 4 is 7.56 Å². The Morgan fingerprint density at radius 3 is 1.38 bits per heavy atom. The predicted octanol–water partition coefficient (Wildman–Crippen LogP) is 3.68. The van der Waals surface area contributed by atoms with Crippen molar-refractivity contribution in [1.29, 1.82) is 0 Å². The molecule has 0 aromatic heterocycles. The maximum atomic E-state index is 2.75. The van der Waals surface area contributed by atoms with Crippen molar-refractivity contribution in [3.8, 4) is 0 Å². The fourth-order valence-electron chi connectivity index (χ4n) is 2.84. The summed E-state index contributed by atoms with van der Waals surface area (Å²) in [6.07, 6.45) is 4.13. The van der Waals surface area contributed by atoms with Gasteiger partial charge < -0.3 is 0 Å². The summed E-state index contributed by atoms with van der Waals surface area (Å²) >= 11 is 0. The van der Waals surface area contributed by atoms with Crippen LogP contribution >= 0.6 is 7.56 Å². The molecule has 0 saturated carbocycles. The van der Waals surface area contributed by atoms with Crippen LogP contribution in [0.4, 0.5) is 0 Å². The Balaban J connectivity index is 4.82. The molecular formula is C13H33N2P. The Kier molecular flexibility index (Phi) is 8.63. The van der Waals surface area contributed by atoms with Gasteiger partial charge in [0.25, 0.3) is 0 Å². The van der Waals surface area contributed by atoms with Crippen molar-refractivity contribution in [2.75, 3.05) is 39.0 Å². The van der Waals surface area contributed by atoms with Crippen LogP contribution in [0.5, 0.6) is 0 Å². The first-order valence-corrected chi connectivity index (χ1v) is 9.70. The molecule has 0 aromatic carbocycles. The molecule has 0 heterocycles. The molecule has 0 spiro atoms. The van der Waals surface area contributed by atoms with E-state index in [1.54, 1.807) is 0 Å². The maximum absolute atomic E-state index is 2.75. The average Bonchev–Trinajstić information content (AvgIpc) is 2.29. The number of hydrogen-bond donors (Lipinski definition) is 0. The van der Waals surface area contributed by atoms with Crippen LogP contribution in [0.15, 0.2) is 0 Å². The van der Waals surface area contributed by atoms with Gasteiger partial charge in [0.2, 0.25) is 0 Å². The molecule has 0 saturated heterocycles. The summed E-state index contributed by atoms with van der Waals surface area (Å²) in [4.78, 5) is 0. The van der Waals surface area contributed by atoms with E-state index < -0.39 is 7.56 Å². The number of nitrogens with zero attached hydrogens (tertiary/aromatic N) is 2. The molecule has 3 heteroatoms. The summed E-state index contributed by atoms with van der Waals surface area (Å²) in [5.41, 5.74) is 0. The summed E-state index contributed by atoms with van der Waals surface area (Å²) in [6.45, 7) is 18.9.